The SMILES string of the molecule is CCCn1cc(N/C=C(\C=N)c2cnc(NC3COC3)nc2)ccc1=O. The number of nitrogens with one attached hydrogen (secondary N) is 3. The quantitative estimate of drug-likeness (QED) is 0.626. The molecule has 3 N–H and O–H groups in total. The molecule has 0 amide bonds. The van der Waals surface area contributed by atoms with Crippen molar-refractivity contribution in [3.05, 3.63) is 52.8 Å². The number of anilines is 2. The van der Waals surface area contributed by atoms with Gasteiger partial charge in [0.1, 0.15) is 0 Å². The maximum atomic E-state index is 11.8. The Morgan fingerprint density at radius 3 is 2.77 bits per heavy atom. The molecule has 2 aromatic rings. The molecule has 8 heteroatoms. The van der Waals surface area contributed by atoms with E-state index < -0.39 is 0 Å². The summed E-state index contributed by atoms with van der Waals surface area (Å²) in [6.07, 6.45) is 8.94. The van der Waals surface area contributed by atoms with E-state index in [1.54, 1.807) is 35.4 Å². The van der Waals surface area contributed by atoms with E-state index in [0.717, 1.165) is 17.7 Å². The predicted molar refractivity (Wildman–Crippen MR) is 102 cm³/mol. The second-order valence-corrected chi connectivity index (χ2v) is 6.01. The van der Waals surface area contributed by atoms with Crippen LogP contribution in [0.4, 0.5) is 11.6 Å². The minimum atomic E-state index is -0.0259. The van der Waals surface area contributed by atoms with Crippen LogP contribution in [0.25, 0.3) is 5.57 Å². The Hall–Kier alpha value is -3.00. The normalized spacial score (nSPS) is 14.6. The molecule has 0 radical (unpaired) electrons. The molecule has 3 heterocycles. The van der Waals surface area contributed by atoms with Crippen LogP contribution in [0.1, 0.15) is 18.9 Å². The predicted octanol–water partition coefficient (Wildman–Crippen LogP) is 1.96. The summed E-state index contributed by atoms with van der Waals surface area (Å²) in [5.41, 5.74) is 2.12. The molecule has 0 atom stereocenters. The van der Waals surface area contributed by atoms with Crippen LogP contribution < -0.4 is 16.2 Å². The molecular formula is C18H22N6O2. The first-order valence-corrected chi connectivity index (χ1v) is 8.54. The van der Waals surface area contributed by atoms with Crippen LogP contribution in [0, 0.1) is 5.41 Å². The van der Waals surface area contributed by atoms with Crippen molar-refractivity contribution in [3.8, 4) is 0 Å². The van der Waals surface area contributed by atoms with Crippen LogP contribution in [0.3, 0.4) is 0 Å². The van der Waals surface area contributed by atoms with Crippen molar-refractivity contribution in [2.45, 2.75) is 25.9 Å². The van der Waals surface area contributed by atoms with Crippen molar-refractivity contribution in [3.63, 3.8) is 0 Å². The van der Waals surface area contributed by atoms with Gasteiger partial charge in [0.25, 0.3) is 5.56 Å². The molecular weight excluding hydrogens is 332 g/mol. The van der Waals surface area contributed by atoms with Crippen LogP contribution in [0.2, 0.25) is 0 Å². The minimum absolute atomic E-state index is 0.0259. The molecule has 1 saturated heterocycles. The third-order valence-electron chi connectivity index (χ3n) is 3.95. The van der Waals surface area contributed by atoms with Gasteiger partial charge in [-0.05, 0) is 12.5 Å². The van der Waals surface area contributed by atoms with Crippen LogP contribution in [0.15, 0.2) is 41.7 Å². The zero-order chi connectivity index (χ0) is 18.4. The van der Waals surface area contributed by atoms with Gasteiger partial charge in [-0.3, -0.25) is 4.79 Å². The van der Waals surface area contributed by atoms with E-state index in [-0.39, 0.29) is 11.6 Å². The molecule has 1 fully saturated rings. The molecule has 0 spiro atoms. The fourth-order valence-electron chi connectivity index (χ4n) is 2.46. The van der Waals surface area contributed by atoms with Crippen molar-refractivity contribution in [2.75, 3.05) is 23.8 Å². The third kappa shape index (κ3) is 4.34. The Morgan fingerprint density at radius 1 is 1.38 bits per heavy atom. The van der Waals surface area contributed by atoms with Gasteiger partial charge >= 0.3 is 0 Å². The fourth-order valence-corrected chi connectivity index (χ4v) is 2.46. The van der Waals surface area contributed by atoms with Crippen molar-refractivity contribution < 1.29 is 4.74 Å². The topological polar surface area (TPSA) is 105 Å². The molecule has 1 aliphatic rings. The summed E-state index contributed by atoms with van der Waals surface area (Å²) in [6.45, 7) is 4.03. The Bertz CT molecular complexity index is 840. The lowest BCUT2D eigenvalue weighted by Gasteiger charge is -2.26. The maximum absolute atomic E-state index is 11.8. The summed E-state index contributed by atoms with van der Waals surface area (Å²) >= 11 is 0. The van der Waals surface area contributed by atoms with Crippen LogP contribution in [-0.4, -0.2) is 40.0 Å². The highest BCUT2D eigenvalue weighted by Crippen LogP contribution is 2.14. The van der Waals surface area contributed by atoms with Crippen LogP contribution in [-0.2, 0) is 11.3 Å². The lowest BCUT2D eigenvalue weighted by molar-refractivity contribution is 0.0208. The Morgan fingerprint density at radius 2 is 2.15 bits per heavy atom. The molecule has 136 valence electrons. The van der Waals surface area contributed by atoms with Crippen LogP contribution >= 0.6 is 0 Å². The number of pyridine rings is 1. The highest BCUT2D eigenvalue weighted by atomic mass is 16.5. The van der Waals surface area contributed by atoms with Gasteiger partial charge in [-0.15, -0.1) is 0 Å². The maximum Gasteiger partial charge on any atom is 0.250 e. The first-order valence-electron chi connectivity index (χ1n) is 8.54. The fraction of sp³-hybridized carbons (Fsp3) is 0.333. The lowest BCUT2D eigenvalue weighted by atomic mass is 10.1. The van der Waals surface area contributed by atoms with Crippen molar-refractivity contribution in [2.24, 2.45) is 0 Å². The van der Waals surface area contributed by atoms with Gasteiger partial charge < -0.3 is 25.3 Å². The van der Waals surface area contributed by atoms with Gasteiger partial charge in [0.2, 0.25) is 5.95 Å². The standard InChI is InChI=1S/C18H22N6O2/c1-2-5-24-10-15(3-4-17(24)25)20-7-13(6-19)14-8-21-18(22-9-14)23-16-11-26-12-16/h3-4,6-10,16,19-20H,2,5,11-12H2,1H3,(H,21,22,23)/b13-7+,19-6?. The summed E-state index contributed by atoms with van der Waals surface area (Å²) < 4.78 is 6.77. The lowest BCUT2D eigenvalue weighted by Crippen LogP contribution is -2.40. The van der Waals surface area contributed by atoms with Gasteiger partial charge in [0, 0.05) is 54.8 Å². The summed E-state index contributed by atoms with van der Waals surface area (Å²) in [6, 6.07) is 3.51. The summed E-state index contributed by atoms with van der Waals surface area (Å²) in [5.74, 6) is 0.547. The average molecular weight is 354 g/mol. The van der Waals surface area contributed by atoms with Crippen molar-refractivity contribution in [1.29, 1.82) is 5.41 Å². The average Bonchev–Trinajstić information content (AvgIpc) is 2.62. The number of rotatable bonds is 8. The van der Waals surface area contributed by atoms with E-state index >= 15 is 0 Å². The monoisotopic (exact) mass is 354 g/mol. The van der Waals surface area contributed by atoms with E-state index in [9.17, 15) is 4.79 Å². The molecule has 0 saturated carbocycles. The molecule has 2 aromatic heterocycles. The number of hydrogen-bond donors (Lipinski definition) is 3. The minimum Gasteiger partial charge on any atom is -0.377 e. The smallest absolute Gasteiger partial charge is 0.250 e. The van der Waals surface area contributed by atoms with Gasteiger partial charge in [0.05, 0.1) is 24.9 Å². The zero-order valence-electron chi connectivity index (χ0n) is 14.6. The molecule has 26 heavy (non-hydrogen) atoms. The van der Waals surface area contributed by atoms with Gasteiger partial charge in [-0.25, -0.2) is 9.97 Å². The highest BCUT2D eigenvalue weighted by Gasteiger charge is 2.18. The van der Waals surface area contributed by atoms with Crippen LogP contribution in [0.5, 0.6) is 0 Å². The number of nitrogens with zero attached hydrogens (tertiary/aromatic N) is 3. The molecule has 1 aliphatic heterocycles. The molecule has 0 aromatic carbocycles. The number of ether oxygens (including phenoxy) is 1. The van der Waals surface area contributed by atoms with E-state index in [2.05, 4.69) is 20.6 Å². The number of hydrogen-bond acceptors (Lipinski definition) is 7. The number of aryl methyl sites for hydroxylation is 1. The number of aromatic nitrogens is 3. The van der Waals surface area contributed by atoms with E-state index in [1.165, 1.54) is 12.3 Å². The van der Waals surface area contributed by atoms with Crippen molar-refractivity contribution >= 4 is 23.4 Å². The first-order chi connectivity index (χ1) is 12.7. The second kappa shape index (κ2) is 8.39. The summed E-state index contributed by atoms with van der Waals surface area (Å²) in [4.78, 5) is 20.3. The molecule has 0 aliphatic carbocycles. The summed E-state index contributed by atoms with van der Waals surface area (Å²) in [7, 11) is 0. The molecule has 0 unspecified atom stereocenters. The Balaban J connectivity index is 1.70. The zero-order valence-corrected chi connectivity index (χ0v) is 14.6. The van der Waals surface area contributed by atoms with Gasteiger partial charge in [-0.2, -0.15) is 0 Å². The van der Waals surface area contributed by atoms with Crippen molar-refractivity contribution in [1.82, 2.24) is 14.5 Å². The van der Waals surface area contributed by atoms with Gasteiger partial charge in [0.15, 0.2) is 0 Å². The number of allylic oxidation sites excluding steroid dienone is 1. The first kappa shape index (κ1) is 17.8. The van der Waals surface area contributed by atoms with E-state index in [0.29, 0.717) is 31.3 Å². The molecule has 3 rings (SSSR count). The third-order valence-corrected chi connectivity index (χ3v) is 3.95. The highest BCUT2D eigenvalue weighted by molar-refractivity contribution is 6.08. The molecule has 0 bridgehead atoms. The largest absolute Gasteiger partial charge is 0.377 e. The van der Waals surface area contributed by atoms with E-state index in [4.69, 9.17) is 10.1 Å². The second-order valence-electron chi connectivity index (χ2n) is 6.01. The Kier molecular flexibility index (Phi) is 5.75. The molecule has 8 nitrogen and oxygen atoms in total. The summed E-state index contributed by atoms with van der Waals surface area (Å²) in [5, 5.41) is 13.9. The Labute approximate surface area is 151 Å². The van der Waals surface area contributed by atoms with E-state index in [1.807, 2.05) is 6.92 Å². The van der Waals surface area contributed by atoms with Gasteiger partial charge in [-0.1, -0.05) is 6.92 Å².